The summed E-state index contributed by atoms with van der Waals surface area (Å²) in [7, 11) is 0. The lowest BCUT2D eigenvalue weighted by atomic mass is 9.98. The molecule has 2 N–H and O–H groups in total. The number of rotatable bonds is 7. The number of nitrogens with zero attached hydrogens (tertiary/aromatic N) is 3. The van der Waals surface area contributed by atoms with E-state index < -0.39 is 23.4 Å². The van der Waals surface area contributed by atoms with Gasteiger partial charge in [-0.15, -0.1) is 11.8 Å². The summed E-state index contributed by atoms with van der Waals surface area (Å²) in [5.41, 5.74) is 0.613. The topological polar surface area (TPSA) is 112 Å². The Kier molecular flexibility index (Phi) is 6.05. The number of thioether (sulfide) groups is 2. The molecule has 0 spiro atoms. The summed E-state index contributed by atoms with van der Waals surface area (Å²) in [6.45, 7) is 3.85. The predicted molar refractivity (Wildman–Crippen MR) is 102 cm³/mol. The van der Waals surface area contributed by atoms with E-state index in [4.69, 9.17) is 0 Å². The molecule has 2 aliphatic heterocycles. The maximum atomic E-state index is 12.5. The molecule has 1 aromatic rings. The second-order valence-electron chi connectivity index (χ2n) is 6.67. The molecular weight excluding hydrogens is 388 g/mol. The fourth-order valence-electron chi connectivity index (χ4n) is 2.94. The van der Waals surface area contributed by atoms with E-state index in [9.17, 15) is 19.5 Å². The van der Waals surface area contributed by atoms with Gasteiger partial charge in [0.1, 0.15) is 11.4 Å². The third-order valence-electron chi connectivity index (χ3n) is 4.12. The summed E-state index contributed by atoms with van der Waals surface area (Å²) in [4.78, 5) is 45.9. The number of aromatic nitrogens is 2. The molecule has 3 heterocycles. The normalized spacial score (nSPS) is 24.1. The van der Waals surface area contributed by atoms with Crippen molar-refractivity contribution in [2.24, 2.45) is 5.92 Å². The smallest absolute Gasteiger partial charge is 0.330 e. The first kappa shape index (κ1) is 19.7. The largest absolute Gasteiger partial charge is 0.479 e. The van der Waals surface area contributed by atoms with Gasteiger partial charge in [0.05, 0.1) is 0 Å². The molecule has 3 rings (SSSR count). The molecule has 0 bridgehead atoms. The van der Waals surface area contributed by atoms with Crippen LogP contribution in [0, 0.1) is 5.92 Å². The second kappa shape index (κ2) is 8.30. The monoisotopic (exact) mass is 408 g/mol. The fraction of sp³-hybridized carbons (Fsp3) is 0.471. The van der Waals surface area contributed by atoms with Gasteiger partial charge < -0.3 is 15.3 Å². The average Bonchev–Trinajstić information content (AvgIpc) is 2.63. The number of carboxylic acids is 1. The SMILES string of the molecule is CC(C)CC(=O)NC1C(=O)N2C(C(=O)O)C(CSc3ncccn3)=CS[C@@H]12. The van der Waals surface area contributed by atoms with Gasteiger partial charge >= 0.3 is 5.97 Å². The second-order valence-corrected chi connectivity index (χ2v) is 8.60. The number of hydrogen-bond donors (Lipinski definition) is 2. The highest BCUT2D eigenvalue weighted by molar-refractivity contribution is 8.03. The highest BCUT2D eigenvalue weighted by atomic mass is 32.2. The molecule has 8 nitrogen and oxygen atoms in total. The molecule has 1 fully saturated rings. The number of fused-ring (bicyclic) bond motifs is 1. The first-order valence-electron chi connectivity index (χ1n) is 8.47. The van der Waals surface area contributed by atoms with Crippen LogP contribution in [0.4, 0.5) is 0 Å². The molecule has 3 atom stereocenters. The molecule has 2 unspecified atom stereocenters. The van der Waals surface area contributed by atoms with Gasteiger partial charge in [-0.3, -0.25) is 9.59 Å². The van der Waals surface area contributed by atoms with Gasteiger partial charge in [0, 0.05) is 24.6 Å². The van der Waals surface area contributed by atoms with Crippen LogP contribution in [0.1, 0.15) is 20.3 Å². The van der Waals surface area contributed by atoms with E-state index in [0.29, 0.717) is 22.9 Å². The van der Waals surface area contributed by atoms with Crippen molar-refractivity contribution in [3.8, 4) is 0 Å². The lowest BCUT2D eigenvalue weighted by Crippen LogP contribution is -2.74. The molecule has 2 amide bonds. The van der Waals surface area contributed by atoms with Crippen molar-refractivity contribution in [2.45, 2.75) is 42.9 Å². The lowest BCUT2D eigenvalue weighted by Gasteiger charge is -2.51. The third-order valence-corrected chi connectivity index (χ3v) is 6.29. The van der Waals surface area contributed by atoms with E-state index in [2.05, 4.69) is 15.3 Å². The molecule has 1 saturated heterocycles. The summed E-state index contributed by atoms with van der Waals surface area (Å²) in [6, 6.07) is 0.000827. The number of carbonyl (C=O) groups excluding carboxylic acids is 2. The first-order chi connectivity index (χ1) is 12.9. The van der Waals surface area contributed by atoms with Crippen molar-refractivity contribution in [1.82, 2.24) is 20.2 Å². The predicted octanol–water partition coefficient (Wildman–Crippen LogP) is 1.35. The molecule has 0 aliphatic carbocycles. The summed E-state index contributed by atoms with van der Waals surface area (Å²) in [5.74, 6) is -1.08. The van der Waals surface area contributed by atoms with Gasteiger partial charge in [0.25, 0.3) is 0 Å². The van der Waals surface area contributed by atoms with E-state index >= 15 is 0 Å². The van der Waals surface area contributed by atoms with Crippen LogP contribution >= 0.6 is 23.5 Å². The van der Waals surface area contributed by atoms with Crippen LogP contribution in [-0.4, -0.2) is 61.0 Å². The number of carboxylic acid groups (broad SMARTS) is 1. The third kappa shape index (κ3) is 4.27. The van der Waals surface area contributed by atoms with Crippen LogP contribution in [0.3, 0.4) is 0 Å². The Hall–Kier alpha value is -2.07. The van der Waals surface area contributed by atoms with Crippen LogP contribution in [-0.2, 0) is 14.4 Å². The highest BCUT2D eigenvalue weighted by Gasteiger charge is 2.55. The van der Waals surface area contributed by atoms with Gasteiger partial charge in [0.2, 0.25) is 11.8 Å². The van der Waals surface area contributed by atoms with E-state index in [0.717, 1.165) is 0 Å². The number of β-lactam (4-membered cyclic amide) rings is 1. The van der Waals surface area contributed by atoms with Crippen molar-refractivity contribution in [3.63, 3.8) is 0 Å². The van der Waals surface area contributed by atoms with Gasteiger partial charge in [-0.25, -0.2) is 14.8 Å². The molecule has 0 aromatic carbocycles. The molecule has 144 valence electrons. The van der Waals surface area contributed by atoms with Crippen LogP contribution in [0.2, 0.25) is 0 Å². The molecule has 10 heteroatoms. The number of aliphatic carboxylic acids is 1. The van der Waals surface area contributed by atoms with Crippen molar-refractivity contribution in [1.29, 1.82) is 0 Å². The van der Waals surface area contributed by atoms with Crippen molar-refractivity contribution in [2.75, 3.05) is 5.75 Å². The highest BCUT2D eigenvalue weighted by Crippen LogP contribution is 2.41. The molecule has 0 radical (unpaired) electrons. The average molecular weight is 409 g/mol. The minimum atomic E-state index is -1.08. The molecular formula is C17H20N4O4S2. The summed E-state index contributed by atoms with van der Waals surface area (Å²) in [6.07, 6.45) is 3.57. The maximum absolute atomic E-state index is 12.5. The zero-order valence-electron chi connectivity index (χ0n) is 14.9. The first-order valence-corrected chi connectivity index (χ1v) is 10.4. The standard InChI is InChI=1S/C17H20N4O4S2/c1-9(2)6-11(22)20-12-14(23)21-13(16(24)25)10(7-26-15(12)21)8-27-17-18-4-3-5-19-17/h3-5,7,9,12-13,15H,6,8H2,1-2H3,(H,20,22)(H,24,25)/t12?,13?,15-/m0/s1. The van der Waals surface area contributed by atoms with E-state index in [1.807, 2.05) is 13.8 Å². The fourth-order valence-corrected chi connectivity index (χ4v) is 5.08. The molecule has 27 heavy (non-hydrogen) atoms. The van der Waals surface area contributed by atoms with E-state index in [-0.39, 0.29) is 17.7 Å². The molecule has 1 aromatic heterocycles. The van der Waals surface area contributed by atoms with Crippen LogP contribution < -0.4 is 5.32 Å². The van der Waals surface area contributed by atoms with Crippen molar-refractivity contribution in [3.05, 3.63) is 29.4 Å². The van der Waals surface area contributed by atoms with Crippen LogP contribution in [0.25, 0.3) is 0 Å². The Morgan fingerprint density at radius 3 is 2.70 bits per heavy atom. The van der Waals surface area contributed by atoms with Gasteiger partial charge in [-0.2, -0.15) is 0 Å². The minimum Gasteiger partial charge on any atom is -0.479 e. The maximum Gasteiger partial charge on any atom is 0.330 e. The van der Waals surface area contributed by atoms with Gasteiger partial charge in [-0.05, 0) is 23.0 Å². The van der Waals surface area contributed by atoms with Crippen LogP contribution in [0.5, 0.6) is 0 Å². The zero-order chi connectivity index (χ0) is 19.6. The number of hydrogen-bond acceptors (Lipinski definition) is 7. The summed E-state index contributed by atoms with van der Waals surface area (Å²) >= 11 is 2.68. The van der Waals surface area contributed by atoms with E-state index in [1.54, 1.807) is 23.9 Å². The van der Waals surface area contributed by atoms with Crippen molar-refractivity contribution >= 4 is 41.3 Å². The Morgan fingerprint density at radius 1 is 1.37 bits per heavy atom. The Balaban J connectivity index is 1.69. The Labute approximate surface area is 165 Å². The number of carbonyl (C=O) groups is 3. The molecule has 2 aliphatic rings. The zero-order valence-corrected chi connectivity index (χ0v) is 16.5. The Morgan fingerprint density at radius 2 is 2.07 bits per heavy atom. The Bertz CT molecular complexity index is 771. The number of amides is 2. The lowest BCUT2D eigenvalue weighted by molar-refractivity contribution is -0.160. The van der Waals surface area contributed by atoms with E-state index in [1.165, 1.54) is 28.4 Å². The van der Waals surface area contributed by atoms with Crippen molar-refractivity contribution < 1.29 is 19.5 Å². The number of nitrogens with one attached hydrogen (secondary N) is 1. The van der Waals surface area contributed by atoms with Gasteiger partial charge in [0.15, 0.2) is 11.2 Å². The van der Waals surface area contributed by atoms with Crippen LogP contribution in [0.15, 0.2) is 34.6 Å². The molecule has 0 saturated carbocycles. The quantitative estimate of drug-likeness (QED) is 0.395. The summed E-state index contributed by atoms with van der Waals surface area (Å²) < 4.78 is 0. The minimum absolute atomic E-state index is 0.186. The summed E-state index contributed by atoms with van der Waals surface area (Å²) in [5, 5.41) is 14.3. The van der Waals surface area contributed by atoms with Gasteiger partial charge in [-0.1, -0.05) is 25.6 Å².